The summed E-state index contributed by atoms with van der Waals surface area (Å²) in [5.74, 6) is 0.0328. The Morgan fingerprint density at radius 1 is 1.16 bits per heavy atom. The van der Waals surface area contributed by atoms with E-state index >= 15 is 0 Å². The zero-order valence-corrected chi connectivity index (χ0v) is 11.4. The summed E-state index contributed by atoms with van der Waals surface area (Å²) in [4.78, 5) is 7.32. The van der Waals surface area contributed by atoms with Crippen molar-refractivity contribution >= 4 is 21.7 Å². The second-order valence-electron chi connectivity index (χ2n) is 4.20. The second-order valence-corrected chi connectivity index (χ2v) is 5.88. The third kappa shape index (κ3) is 3.00. The number of nitrogens with two attached hydrogens (primary N) is 1. The van der Waals surface area contributed by atoms with Crippen LogP contribution in [0.2, 0.25) is 0 Å². The summed E-state index contributed by atoms with van der Waals surface area (Å²) in [5.41, 5.74) is 7.77. The lowest BCUT2D eigenvalue weighted by atomic mass is 10.1. The zero-order chi connectivity index (χ0) is 14.0. The van der Waals surface area contributed by atoms with Crippen LogP contribution in [0.5, 0.6) is 0 Å². The molecule has 0 aliphatic rings. The van der Waals surface area contributed by atoms with E-state index in [4.69, 9.17) is 5.73 Å². The van der Waals surface area contributed by atoms with E-state index in [0.717, 1.165) is 11.1 Å². The summed E-state index contributed by atoms with van der Waals surface area (Å²) < 4.78 is 26.7. The van der Waals surface area contributed by atoms with Crippen molar-refractivity contribution in [3.05, 3.63) is 41.7 Å². The number of hydrogen-bond donors (Lipinski definition) is 2. The molecule has 0 aliphatic carbocycles. The van der Waals surface area contributed by atoms with Gasteiger partial charge in [0.1, 0.15) is 4.90 Å². The van der Waals surface area contributed by atoms with Gasteiger partial charge in [0.2, 0.25) is 5.95 Å². The maximum absolute atomic E-state index is 12.1. The van der Waals surface area contributed by atoms with Gasteiger partial charge in [0, 0.05) is 0 Å². The van der Waals surface area contributed by atoms with Gasteiger partial charge >= 0.3 is 0 Å². The predicted molar refractivity (Wildman–Crippen MR) is 73.2 cm³/mol. The molecule has 2 rings (SSSR count). The lowest BCUT2D eigenvalue weighted by Gasteiger charge is -2.10. The molecule has 0 radical (unpaired) electrons. The van der Waals surface area contributed by atoms with Crippen LogP contribution in [0.3, 0.4) is 0 Å². The maximum atomic E-state index is 12.1. The molecule has 0 saturated heterocycles. The largest absolute Gasteiger partial charge is 0.368 e. The van der Waals surface area contributed by atoms with Gasteiger partial charge in [-0.05, 0) is 25.5 Å². The fourth-order valence-electron chi connectivity index (χ4n) is 1.60. The minimum Gasteiger partial charge on any atom is -0.368 e. The molecule has 0 spiro atoms. The quantitative estimate of drug-likeness (QED) is 0.886. The summed E-state index contributed by atoms with van der Waals surface area (Å²) >= 11 is 0. The molecule has 6 nitrogen and oxygen atoms in total. The molecule has 0 aliphatic heterocycles. The zero-order valence-electron chi connectivity index (χ0n) is 10.6. The highest BCUT2D eigenvalue weighted by Crippen LogP contribution is 2.20. The number of nitrogens with zero attached hydrogens (tertiary/aromatic N) is 2. The molecular weight excluding hydrogens is 264 g/mol. The fraction of sp³-hybridized carbons (Fsp3) is 0.167. The van der Waals surface area contributed by atoms with Crippen molar-refractivity contribution in [2.24, 2.45) is 0 Å². The van der Waals surface area contributed by atoms with E-state index in [9.17, 15) is 8.42 Å². The normalized spacial score (nSPS) is 11.3. The first-order chi connectivity index (χ1) is 8.88. The summed E-state index contributed by atoms with van der Waals surface area (Å²) in [6.07, 6.45) is 2.35. The molecule has 0 amide bonds. The van der Waals surface area contributed by atoms with Crippen molar-refractivity contribution in [3.8, 4) is 0 Å². The van der Waals surface area contributed by atoms with Gasteiger partial charge in [-0.15, -0.1) is 0 Å². The second kappa shape index (κ2) is 4.85. The molecule has 0 fully saturated rings. The summed E-state index contributed by atoms with van der Waals surface area (Å²) in [5, 5.41) is 0. The van der Waals surface area contributed by atoms with Crippen LogP contribution in [-0.4, -0.2) is 18.4 Å². The monoisotopic (exact) mass is 278 g/mol. The lowest BCUT2D eigenvalue weighted by molar-refractivity contribution is 0.600. The summed E-state index contributed by atoms with van der Waals surface area (Å²) in [6, 6.07) is 5.46. The van der Waals surface area contributed by atoms with Crippen molar-refractivity contribution in [3.63, 3.8) is 0 Å². The summed E-state index contributed by atoms with van der Waals surface area (Å²) in [6.45, 7) is 3.78. The molecule has 1 heterocycles. The van der Waals surface area contributed by atoms with E-state index in [-0.39, 0.29) is 10.8 Å². The van der Waals surface area contributed by atoms with Crippen molar-refractivity contribution in [1.29, 1.82) is 0 Å². The Morgan fingerprint density at radius 2 is 1.79 bits per heavy atom. The molecule has 7 heteroatoms. The number of aromatic nitrogens is 2. The van der Waals surface area contributed by atoms with Crippen molar-refractivity contribution in [2.75, 3.05) is 10.5 Å². The SMILES string of the molecule is Cc1ccc(NS(=O)(=O)c2cnc(N)nc2)c(C)c1. The van der Waals surface area contributed by atoms with Crippen molar-refractivity contribution in [2.45, 2.75) is 18.7 Å². The van der Waals surface area contributed by atoms with Gasteiger partial charge in [-0.2, -0.15) is 0 Å². The number of sulfonamides is 1. The van der Waals surface area contributed by atoms with Gasteiger partial charge in [-0.1, -0.05) is 17.7 Å². The van der Waals surface area contributed by atoms with Gasteiger partial charge in [-0.25, -0.2) is 18.4 Å². The molecule has 100 valence electrons. The predicted octanol–water partition coefficient (Wildman–Crippen LogP) is 1.48. The molecule has 0 bridgehead atoms. The number of hydrogen-bond acceptors (Lipinski definition) is 5. The van der Waals surface area contributed by atoms with Gasteiger partial charge in [0.25, 0.3) is 10.0 Å². The number of nitrogen functional groups attached to an aromatic ring is 1. The molecule has 2 aromatic rings. The number of nitrogens with one attached hydrogen (secondary N) is 1. The average Bonchev–Trinajstić information content (AvgIpc) is 2.33. The Morgan fingerprint density at radius 3 is 2.37 bits per heavy atom. The third-order valence-electron chi connectivity index (χ3n) is 2.58. The first kappa shape index (κ1) is 13.3. The minimum absolute atomic E-state index is 0.0262. The molecule has 1 aromatic heterocycles. The van der Waals surface area contributed by atoms with E-state index in [2.05, 4.69) is 14.7 Å². The Kier molecular flexibility index (Phi) is 3.39. The lowest BCUT2D eigenvalue weighted by Crippen LogP contribution is -2.14. The van der Waals surface area contributed by atoms with Gasteiger partial charge in [0.15, 0.2) is 0 Å². The highest BCUT2D eigenvalue weighted by molar-refractivity contribution is 7.92. The molecule has 19 heavy (non-hydrogen) atoms. The molecule has 1 aromatic carbocycles. The number of anilines is 2. The van der Waals surface area contributed by atoms with Crippen LogP contribution < -0.4 is 10.5 Å². The van der Waals surface area contributed by atoms with Crippen LogP contribution in [0.4, 0.5) is 11.6 Å². The van der Waals surface area contributed by atoms with Crippen LogP contribution in [0.15, 0.2) is 35.5 Å². The standard InChI is InChI=1S/C12H14N4O2S/c1-8-3-4-11(9(2)5-8)16-19(17,18)10-6-14-12(13)15-7-10/h3-7,16H,1-2H3,(H2,13,14,15). The van der Waals surface area contributed by atoms with Gasteiger partial charge in [-0.3, -0.25) is 4.72 Å². The topological polar surface area (TPSA) is 98.0 Å². The molecular formula is C12H14N4O2S. The first-order valence-corrected chi connectivity index (χ1v) is 7.04. The Bertz CT molecular complexity index is 696. The smallest absolute Gasteiger partial charge is 0.264 e. The molecule has 0 atom stereocenters. The molecule has 0 unspecified atom stereocenters. The van der Waals surface area contributed by atoms with Gasteiger partial charge in [0.05, 0.1) is 18.1 Å². The number of benzene rings is 1. The fourth-order valence-corrected chi connectivity index (χ4v) is 2.62. The average molecular weight is 278 g/mol. The maximum Gasteiger partial charge on any atom is 0.264 e. The van der Waals surface area contributed by atoms with Crippen LogP contribution in [0.25, 0.3) is 0 Å². The van der Waals surface area contributed by atoms with E-state index in [0.29, 0.717) is 5.69 Å². The van der Waals surface area contributed by atoms with Crippen LogP contribution in [-0.2, 0) is 10.0 Å². The van der Waals surface area contributed by atoms with Crippen molar-refractivity contribution in [1.82, 2.24) is 9.97 Å². The highest BCUT2D eigenvalue weighted by Gasteiger charge is 2.16. The van der Waals surface area contributed by atoms with E-state index in [1.807, 2.05) is 26.0 Å². The highest BCUT2D eigenvalue weighted by atomic mass is 32.2. The third-order valence-corrected chi connectivity index (χ3v) is 3.90. The molecule has 0 saturated carbocycles. The Balaban J connectivity index is 2.33. The van der Waals surface area contributed by atoms with E-state index in [1.165, 1.54) is 12.4 Å². The Labute approximate surface area is 111 Å². The summed E-state index contributed by atoms with van der Waals surface area (Å²) in [7, 11) is -3.70. The Hall–Kier alpha value is -2.15. The van der Waals surface area contributed by atoms with E-state index in [1.54, 1.807) is 6.07 Å². The molecule has 3 N–H and O–H groups in total. The number of aryl methyl sites for hydroxylation is 2. The van der Waals surface area contributed by atoms with Crippen LogP contribution in [0.1, 0.15) is 11.1 Å². The van der Waals surface area contributed by atoms with E-state index < -0.39 is 10.0 Å². The van der Waals surface area contributed by atoms with Crippen LogP contribution >= 0.6 is 0 Å². The van der Waals surface area contributed by atoms with Crippen LogP contribution in [0, 0.1) is 13.8 Å². The minimum atomic E-state index is -3.70. The number of rotatable bonds is 3. The van der Waals surface area contributed by atoms with Crippen molar-refractivity contribution < 1.29 is 8.42 Å². The van der Waals surface area contributed by atoms with Gasteiger partial charge < -0.3 is 5.73 Å². The first-order valence-electron chi connectivity index (χ1n) is 5.56.